The van der Waals surface area contributed by atoms with E-state index in [1.807, 2.05) is 19.1 Å². The number of amides is 1. The third-order valence-electron chi connectivity index (χ3n) is 3.54. The zero-order valence-corrected chi connectivity index (χ0v) is 16.3. The topological polar surface area (TPSA) is 84.5 Å². The van der Waals surface area contributed by atoms with Crippen LogP contribution in [0.25, 0.3) is 0 Å². The molecular weight excluding hydrogens is 376 g/mol. The first kappa shape index (κ1) is 20.2. The van der Waals surface area contributed by atoms with Gasteiger partial charge in [-0.25, -0.2) is 8.42 Å². The van der Waals surface area contributed by atoms with Gasteiger partial charge in [-0.2, -0.15) is 4.72 Å². The smallest absolute Gasteiger partial charge is 0.245 e. The number of hydrogen-bond donors (Lipinski definition) is 2. The lowest BCUT2D eigenvalue weighted by Gasteiger charge is -2.16. The van der Waals surface area contributed by atoms with Crippen molar-refractivity contribution in [3.8, 4) is 5.75 Å². The zero-order valence-electron chi connectivity index (χ0n) is 14.7. The van der Waals surface area contributed by atoms with Gasteiger partial charge < -0.3 is 10.1 Å². The molecule has 2 aromatic rings. The van der Waals surface area contributed by atoms with Crippen LogP contribution in [0.15, 0.2) is 47.4 Å². The van der Waals surface area contributed by atoms with Crippen molar-refractivity contribution in [1.82, 2.24) is 4.72 Å². The molecule has 1 atom stereocenters. The van der Waals surface area contributed by atoms with Gasteiger partial charge >= 0.3 is 0 Å². The van der Waals surface area contributed by atoms with Crippen LogP contribution in [0.3, 0.4) is 0 Å². The highest BCUT2D eigenvalue weighted by atomic mass is 35.5. The van der Waals surface area contributed by atoms with Crippen molar-refractivity contribution >= 4 is 33.2 Å². The minimum atomic E-state index is -4.00. The Morgan fingerprint density at radius 3 is 2.46 bits per heavy atom. The molecule has 2 rings (SSSR count). The number of anilines is 1. The lowest BCUT2D eigenvalue weighted by Crippen LogP contribution is -2.41. The summed E-state index contributed by atoms with van der Waals surface area (Å²) in [6, 6.07) is 10.5. The number of nitrogens with one attached hydrogen (secondary N) is 2. The molecule has 26 heavy (non-hydrogen) atoms. The van der Waals surface area contributed by atoms with E-state index in [2.05, 4.69) is 10.0 Å². The minimum absolute atomic E-state index is 0.109. The highest BCUT2D eigenvalue weighted by molar-refractivity contribution is 7.89. The van der Waals surface area contributed by atoms with Crippen LogP contribution in [0.5, 0.6) is 5.75 Å². The number of ether oxygens (including phenoxy) is 1. The summed E-state index contributed by atoms with van der Waals surface area (Å²) < 4.78 is 33.0. The molecule has 0 saturated heterocycles. The summed E-state index contributed by atoms with van der Waals surface area (Å²) in [5.41, 5.74) is 1.64. The van der Waals surface area contributed by atoms with Crippen LogP contribution in [0.2, 0.25) is 5.02 Å². The second-order valence-corrected chi connectivity index (χ2v) is 7.84. The monoisotopic (exact) mass is 396 g/mol. The van der Waals surface area contributed by atoms with Gasteiger partial charge in [-0.05, 0) is 51.1 Å². The van der Waals surface area contributed by atoms with Crippen LogP contribution in [-0.4, -0.2) is 27.0 Å². The molecule has 0 aliphatic carbocycles. The largest absolute Gasteiger partial charge is 0.492 e. The third-order valence-corrected chi connectivity index (χ3v) is 5.34. The Labute approximate surface area is 158 Å². The second kappa shape index (κ2) is 8.53. The zero-order chi connectivity index (χ0) is 19.3. The van der Waals surface area contributed by atoms with E-state index in [1.54, 1.807) is 25.1 Å². The van der Waals surface area contributed by atoms with Crippen molar-refractivity contribution in [2.24, 2.45) is 0 Å². The maximum absolute atomic E-state index is 12.7. The Balaban J connectivity index is 2.16. The number of carbonyl (C=O) groups excluding carboxylic acids is 1. The molecule has 2 N–H and O–H groups in total. The van der Waals surface area contributed by atoms with Gasteiger partial charge in [0.15, 0.2) is 0 Å². The van der Waals surface area contributed by atoms with Gasteiger partial charge in [-0.1, -0.05) is 29.3 Å². The van der Waals surface area contributed by atoms with Crippen molar-refractivity contribution in [3.63, 3.8) is 0 Å². The summed E-state index contributed by atoms with van der Waals surface area (Å²) in [4.78, 5) is 12.2. The van der Waals surface area contributed by atoms with Crippen LogP contribution >= 0.6 is 11.6 Å². The first-order valence-electron chi connectivity index (χ1n) is 8.05. The molecule has 0 radical (unpaired) electrons. The summed E-state index contributed by atoms with van der Waals surface area (Å²) in [6.07, 6.45) is 0. The van der Waals surface area contributed by atoms with Crippen LogP contribution in [0.4, 0.5) is 5.69 Å². The van der Waals surface area contributed by atoms with E-state index in [0.717, 1.165) is 5.56 Å². The second-order valence-electron chi connectivity index (χ2n) is 5.72. The maximum atomic E-state index is 12.7. The predicted octanol–water partition coefficient (Wildman–Crippen LogP) is 3.35. The average Bonchev–Trinajstić information content (AvgIpc) is 2.58. The molecule has 0 aliphatic rings. The van der Waals surface area contributed by atoms with E-state index in [1.165, 1.54) is 19.1 Å². The molecular formula is C18H21ClN2O4S. The number of hydrogen-bond acceptors (Lipinski definition) is 4. The van der Waals surface area contributed by atoms with E-state index in [4.69, 9.17) is 16.3 Å². The first-order valence-corrected chi connectivity index (χ1v) is 9.91. The van der Waals surface area contributed by atoms with E-state index >= 15 is 0 Å². The van der Waals surface area contributed by atoms with E-state index in [0.29, 0.717) is 12.3 Å². The van der Waals surface area contributed by atoms with Crippen molar-refractivity contribution in [2.75, 3.05) is 11.9 Å². The maximum Gasteiger partial charge on any atom is 0.245 e. The fourth-order valence-corrected chi connectivity index (χ4v) is 3.81. The number of sulfonamides is 1. The average molecular weight is 397 g/mol. The lowest BCUT2D eigenvalue weighted by atomic mass is 10.2. The van der Waals surface area contributed by atoms with E-state index in [-0.39, 0.29) is 15.7 Å². The highest BCUT2D eigenvalue weighted by Crippen LogP contribution is 2.27. The van der Waals surface area contributed by atoms with Crippen molar-refractivity contribution in [1.29, 1.82) is 0 Å². The molecule has 0 fully saturated rings. The van der Waals surface area contributed by atoms with Crippen LogP contribution in [0.1, 0.15) is 19.4 Å². The molecule has 0 spiro atoms. The van der Waals surface area contributed by atoms with Crippen molar-refractivity contribution < 1.29 is 17.9 Å². The van der Waals surface area contributed by atoms with Gasteiger partial charge in [0.05, 0.1) is 12.6 Å². The fourth-order valence-electron chi connectivity index (χ4n) is 2.20. The quantitative estimate of drug-likeness (QED) is 0.751. The fraction of sp³-hybridized carbons (Fsp3) is 0.278. The molecule has 8 heteroatoms. The Hall–Kier alpha value is -2.09. The standard InChI is InChI=1S/C18H21ClN2O4S/c1-4-25-16-10-7-14(19)11-17(16)26(23,24)21-13(3)18(22)20-15-8-5-12(2)6-9-15/h5-11,13,21H,4H2,1-3H3,(H,20,22). The number of rotatable bonds is 7. The molecule has 0 aliphatic heterocycles. The summed E-state index contributed by atoms with van der Waals surface area (Å²) in [5.74, 6) is -0.298. The van der Waals surface area contributed by atoms with Gasteiger partial charge in [-0.15, -0.1) is 0 Å². The van der Waals surface area contributed by atoms with Crippen LogP contribution in [0, 0.1) is 6.92 Å². The molecule has 0 aromatic heterocycles. The van der Waals surface area contributed by atoms with Crippen molar-refractivity contribution in [3.05, 3.63) is 53.1 Å². The summed E-state index contributed by atoms with van der Waals surface area (Å²) in [6.45, 7) is 5.44. The Morgan fingerprint density at radius 2 is 1.85 bits per heavy atom. The number of benzene rings is 2. The third kappa shape index (κ3) is 5.20. The summed E-state index contributed by atoms with van der Waals surface area (Å²) in [7, 11) is -4.00. The normalized spacial score (nSPS) is 12.5. The molecule has 0 saturated carbocycles. The van der Waals surface area contributed by atoms with Gasteiger partial charge in [0.25, 0.3) is 0 Å². The lowest BCUT2D eigenvalue weighted by molar-refractivity contribution is -0.117. The number of halogens is 1. The van der Waals surface area contributed by atoms with E-state index in [9.17, 15) is 13.2 Å². The molecule has 6 nitrogen and oxygen atoms in total. The predicted molar refractivity (Wildman–Crippen MR) is 102 cm³/mol. The van der Waals surface area contributed by atoms with E-state index < -0.39 is 22.0 Å². The molecule has 1 amide bonds. The summed E-state index contributed by atoms with van der Waals surface area (Å²) in [5, 5.41) is 2.93. The SMILES string of the molecule is CCOc1ccc(Cl)cc1S(=O)(=O)NC(C)C(=O)Nc1ccc(C)cc1. The molecule has 0 heterocycles. The Morgan fingerprint density at radius 1 is 1.19 bits per heavy atom. The van der Waals surface area contributed by atoms with Crippen LogP contribution in [-0.2, 0) is 14.8 Å². The summed E-state index contributed by atoms with van der Waals surface area (Å²) >= 11 is 5.92. The highest BCUT2D eigenvalue weighted by Gasteiger charge is 2.25. The van der Waals surface area contributed by atoms with Gasteiger partial charge in [0.1, 0.15) is 10.6 Å². The molecule has 0 bridgehead atoms. The molecule has 140 valence electrons. The molecule has 2 aromatic carbocycles. The minimum Gasteiger partial charge on any atom is -0.492 e. The van der Waals surface area contributed by atoms with Gasteiger partial charge in [-0.3, -0.25) is 4.79 Å². The Bertz CT molecular complexity index is 883. The van der Waals surface area contributed by atoms with Crippen LogP contribution < -0.4 is 14.8 Å². The Kier molecular flexibility index (Phi) is 6.63. The first-order chi connectivity index (χ1) is 12.2. The number of aryl methyl sites for hydroxylation is 1. The number of carbonyl (C=O) groups is 1. The van der Waals surface area contributed by atoms with Gasteiger partial charge in [0.2, 0.25) is 15.9 Å². The van der Waals surface area contributed by atoms with Gasteiger partial charge in [0, 0.05) is 10.7 Å². The van der Waals surface area contributed by atoms with Crippen molar-refractivity contribution in [2.45, 2.75) is 31.7 Å². The molecule has 1 unspecified atom stereocenters.